The lowest BCUT2D eigenvalue weighted by Crippen LogP contribution is -2.19. The Morgan fingerprint density at radius 3 is 2.58 bits per heavy atom. The highest BCUT2D eigenvalue weighted by molar-refractivity contribution is 6.32. The molecule has 2 rings (SSSR count). The van der Waals surface area contributed by atoms with Gasteiger partial charge >= 0.3 is 0 Å². The van der Waals surface area contributed by atoms with Crippen LogP contribution < -0.4 is 10.9 Å². The molecule has 1 aromatic carbocycles. The molecule has 1 atom stereocenters. The van der Waals surface area contributed by atoms with E-state index >= 15 is 0 Å². The third-order valence-corrected chi connectivity index (χ3v) is 3.31. The second-order valence-electron chi connectivity index (χ2n) is 4.70. The Morgan fingerprint density at radius 2 is 1.95 bits per heavy atom. The molecule has 1 aromatic heterocycles. The third kappa shape index (κ3) is 3.15. The topological polar surface area (TPSA) is 57.8 Å². The molecule has 0 aliphatic heterocycles. The van der Waals surface area contributed by atoms with Crippen molar-refractivity contribution in [3.8, 4) is 0 Å². The number of aromatic amines is 1. The lowest BCUT2D eigenvalue weighted by atomic mass is 9.96. The molecule has 0 fully saturated rings. The number of anilines is 1. The first kappa shape index (κ1) is 13.6. The van der Waals surface area contributed by atoms with Crippen LogP contribution in [0.1, 0.15) is 25.5 Å². The van der Waals surface area contributed by atoms with E-state index in [1.807, 2.05) is 30.3 Å². The van der Waals surface area contributed by atoms with Gasteiger partial charge < -0.3 is 5.32 Å². The minimum atomic E-state index is -0.387. The minimum absolute atomic E-state index is 0.0716. The van der Waals surface area contributed by atoms with Gasteiger partial charge in [0, 0.05) is 0 Å². The van der Waals surface area contributed by atoms with Crippen LogP contribution in [0.3, 0.4) is 0 Å². The molecule has 19 heavy (non-hydrogen) atoms. The number of halogens is 1. The lowest BCUT2D eigenvalue weighted by molar-refractivity contribution is 0.546. The molecule has 0 aliphatic carbocycles. The summed E-state index contributed by atoms with van der Waals surface area (Å²) in [6, 6.07) is 10.1. The summed E-state index contributed by atoms with van der Waals surface area (Å²) in [5.41, 5.74) is 1.31. The van der Waals surface area contributed by atoms with Crippen LogP contribution in [-0.2, 0) is 0 Å². The molecule has 1 unspecified atom stereocenters. The van der Waals surface area contributed by atoms with Gasteiger partial charge in [0.15, 0.2) is 0 Å². The van der Waals surface area contributed by atoms with E-state index < -0.39 is 0 Å². The lowest BCUT2D eigenvalue weighted by Gasteiger charge is -2.24. The second-order valence-corrected chi connectivity index (χ2v) is 5.08. The summed E-state index contributed by atoms with van der Waals surface area (Å²) < 4.78 is 0. The molecule has 4 nitrogen and oxygen atoms in total. The van der Waals surface area contributed by atoms with Crippen molar-refractivity contribution in [2.75, 3.05) is 5.32 Å². The van der Waals surface area contributed by atoms with Crippen molar-refractivity contribution in [1.29, 1.82) is 0 Å². The summed E-state index contributed by atoms with van der Waals surface area (Å²) in [4.78, 5) is 11.4. The summed E-state index contributed by atoms with van der Waals surface area (Å²) in [5, 5.41) is 9.50. The van der Waals surface area contributed by atoms with E-state index in [-0.39, 0.29) is 16.6 Å². The zero-order valence-corrected chi connectivity index (χ0v) is 11.6. The molecule has 0 bridgehead atoms. The molecule has 1 heterocycles. The van der Waals surface area contributed by atoms with Crippen LogP contribution in [0.15, 0.2) is 41.3 Å². The maximum absolute atomic E-state index is 11.4. The largest absolute Gasteiger partial charge is 0.375 e. The van der Waals surface area contributed by atoms with E-state index in [2.05, 4.69) is 29.4 Å². The molecule has 2 aromatic rings. The molecule has 0 amide bonds. The summed E-state index contributed by atoms with van der Waals surface area (Å²) >= 11 is 5.98. The number of benzene rings is 1. The van der Waals surface area contributed by atoms with Crippen molar-refractivity contribution in [1.82, 2.24) is 10.2 Å². The summed E-state index contributed by atoms with van der Waals surface area (Å²) in [6.45, 7) is 4.22. The highest BCUT2D eigenvalue weighted by Crippen LogP contribution is 2.28. The molecule has 0 aliphatic rings. The van der Waals surface area contributed by atoms with Gasteiger partial charge in [-0.25, -0.2) is 5.10 Å². The zero-order valence-electron chi connectivity index (χ0n) is 10.9. The highest BCUT2D eigenvalue weighted by Gasteiger charge is 2.17. The van der Waals surface area contributed by atoms with Crippen LogP contribution in [-0.4, -0.2) is 10.2 Å². The first-order valence-electron chi connectivity index (χ1n) is 6.14. The summed E-state index contributed by atoms with van der Waals surface area (Å²) in [6.07, 6.45) is 1.53. The van der Waals surface area contributed by atoms with Gasteiger partial charge in [-0.15, -0.1) is 0 Å². The van der Waals surface area contributed by atoms with Crippen LogP contribution in [0.4, 0.5) is 5.69 Å². The first-order chi connectivity index (χ1) is 9.09. The standard InChI is InChI=1S/C14H16ClN3O/c1-9(2)13(10-6-4-3-5-7-10)17-11-8-16-18-14(19)12(11)15/h3-9,13H,1-2H3,(H2,17,18,19). The zero-order chi connectivity index (χ0) is 13.8. The average Bonchev–Trinajstić information content (AvgIpc) is 2.41. The monoisotopic (exact) mass is 277 g/mol. The van der Waals surface area contributed by atoms with Crippen LogP contribution >= 0.6 is 11.6 Å². The Kier molecular flexibility index (Phi) is 4.22. The molecule has 0 spiro atoms. The van der Waals surface area contributed by atoms with Crippen molar-refractivity contribution in [2.24, 2.45) is 5.92 Å². The Balaban J connectivity index is 2.32. The van der Waals surface area contributed by atoms with E-state index in [4.69, 9.17) is 11.6 Å². The first-order valence-corrected chi connectivity index (χ1v) is 6.52. The quantitative estimate of drug-likeness (QED) is 0.902. The Labute approximate surface area is 116 Å². The summed E-state index contributed by atoms with van der Waals surface area (Å²) in [5.74, 6) is 0.345. The smallest absolute Gasteiger partial charge is 0.285 e. The van der Waals surface area contributed by atoms with E-state index in [1.165, 1.54) is 6.20 Å². The Morgan fingerprint density at radius 1 is 1.26 bits per heavy atom. The van der Waals surface area contributed by atoms with Gasteiger partial charge in [-0.2, -0.15) is 5.10 Å². The third-order valence-electron chi connectivity index (χ3n) is 2.93. The van der Waals surface area contributed by atoms with E-state index in [0.29, 0.717) is 11.6 Å². The summed E-state index contributed by atoms with van der Waals surface area (Å²) in [7, 11) is 0. The molecule has 0 radical (unpaired) electrons. The van der Waals surface area contributed by atoms with E-state index in [0.717, 1.165) is 5.56 Å². The molecule has 2 N–H and O–H groups in total. The highest BCUT2D eigenvalue weighted by atomic mass is 35.5. The number of nitrogens with zero attached hydrogens (tertiary/aromatic N) is 1. The van der Waals surface area contributed by atoms with Gasteiger partial charge in [0.25, 0.3) is 5.56 Å². The van der Waals surface area contributed by atoms with Crippen molar-refractivity contribution in [3.05, 3.63) is 57.5 Å². The molecule has 0 saturated heterocycles. The number of rotatable bonds is 4. The average molecular weight is 278 g/mol. The second kappa shape index (κ2) is 5.89. The van der Waals surface area contributed by atoms with Gasteiger partial charge in [-0.05, 0) is 11.5 Å². The van der Waals surface area contributed by atoms with Crippen molar-refractivity contribution >= 4 is 17.3 Å². The predicted octanol–water partition coefficient (Wildman–Crippen LogP) is 3.23. The Hall–Kier alpha value is -1.81. The molecular formula is C14H16ClN3O. The van der Waals surface area contributed by atoms with Crippen molar-refractivity contribution in [3.63, 3.8) is 0 Å². The van der Waals surface area contributed by atoms with Crippen LogP contribution in [0.2, 0.25) is 5.02 Å². The van der Waals surface area contributed by atoms with Gasteiger partial charge in [0.05, 0.1) is 17.9 Å². The van der Waals surface area contributed by atoms with Crippen LogP contribution in [0.25, 0.3) is 0 Å². The predicted molar refractivity (Wildman–Crippen MR) is 77.5 cm³/mol. The van der Waals surface area contributed by atoms with Crippen molar-refractivity contribution in [2.45, 2.75) is 19.9 Å². The fourth-order valence-electron chi connectivity index (χ4n) is 1.95. The normalized spacial score (nSPS) is 12.4. The number of aromatic nitrogens is 2. The number of hydrogen-bond acceptors (Lipinski definition) is 3. The molecule has 5 heteroatoms. The molecular weight excluding hydrogens is 262 g/mol. The minimum Gasteiger partial charge on any atom is -0.375 e. The number of nitrogens with one attached hydrogen (secondary N) is 2. The number of hydrogen-bond donors (Lipinski definition) is 2. The number of H-pyrrole nitrogens is 1. The van der Waals surface area contributed by atoms with E-state index in [1.54, 1.807) is 0 Å². The van der Waals surface area contributed by atoms with Gasteiger partial charge in [-0.1, -0.05) is 55.8 Å². The van der Waals surface area contributed by atoms with Gasteiger partial charge in [0.1, 0.15) is 5.02 Å². The maximum Gasteiger partial charge on any atom is 0.285 e. The van der Waals surface area contributed by atoms with Crippen LogP contribution in [0, 0.1) is 5.92 Å². The Bertz CT molecular complexity index is 595. The fraction of sp³-hybridized carbons (Fsp3) is 0.286. The van der Waals surface area contributed by atoms with Gasteiger partial charge in [-0.3, -0.25) is 4.79 Å². The van der Waals surface area contributed by atoms with Gasteiger partial charge in [0.2, 0.25) is 0 Å². The maximum atomic E-state index is 11.4. The van der Waals surface area contributed by atoms with Crippen molar-refractivity contribution < 1.29 is 0 Å². The van der Waals surface area contributed by atoms with Crippen LogP contribution in [0.5, 0.6) is 0 Å². The molecule has 100 valence electrons. The van der Waals surface area contributed by atoms with E-state index in [9.17, 15) is 4.79 Å². The fourth-order valence-corrected chi connectivity index (χ4v) is 2.09. The SMILES string of the molecule is CC(C)C(Nc1cn[nH]c(=O)c1Cl)c1ccccc1. The molecule has 0 saturated carbocycles.